The lowest BCUT2D eigenvalue weighted by Gasteiger charge is -2.19. The molecule has 0 aromatic carbocycles. The topological polar surface area (TPSA) is 47.0 Å². The van der Waals surface area contributed by atoms with E-state index in [1.54, 1.807) is 23.7 Å². The summed E-state index contributed by atoms with van der Waals surface area (Å²) in [5.74, 6) is 0.563. The number of thiophene rings is 1. The summed E-state index contributed by atoms with van der Waals surface area (Å²) in [6.07, 6.45) is 3.43. The monoisotopic (exact) mass is 277 g/mol. The Labute approximate surface area is 117 Å². The highest BCUT2D eigenvalue weighted by Gasteiger charge is 2.09. The van der Waals surface area contributed by atoms with Crippen molar-refractivity contribution in [3.63, 3.8) is 0 Å². The van der Waals surface area contributed by atoms with Crippen LogP contribution >= 0.6 is 11.3 Å². The van der Waals surface area contributed by atoms with Crippen molar-refractivity contribution in [2.24, 2.45) is 0 Å². The van der Waals surface area contributed by atoms with Crippen LogP contribution in [0.25, 0.3) is 0 Å². The van der Waals surface area contributed by atoms with Crippen LogP contribution in [0.1, 0.15) is 31.3 Å². The van der Waals surface area contributed by atoms with E-state index in [1.165, 1.54) is 4.88 Å². The molecule has 0 amide bonds. The van der Waals surface area contributed by atoms with Crippen LogP contribution in [0.5, 0.6) is 5.88 Å². The van der Waals surface area contributed by atoms with Gasteiger partial charge in [-0.2, -0.15) is 0 Å². The largest absolute Gasteiger partial charge is 0.471 e. The van der Waals surface area contributed by atoms with Crippen molar-refractivity contribution in [1.82, 2.24) is 15.3 Å². The third-order valence-corrected chi connectivity index (χ3v) is 3.27. The number of rotatable bonds is 5. The molecule has 0 radical (unpaired) electrons. The summed E-state index contributed by atoms with van der Waals surface area (Å²) in [5, 5.41) is 5.40. The van der Waals surface area contributed by atoms with E-state index < -0.39 is 0 Å². The van der Waals surface area contributed by atoms with Crippen LogP contribution in [0.4, 0.5) is 0 Å². The highest BCUT2D eigenvalue weighted by Crippen LogP contribution is 2.12. The maximum atomic E-state index is 5.57. The van der Waals surface area contributed by atoms with E-state index in [0.29, 0.717) is 19.0 Å². The maximum Gasteiger partial charge on any atom is 0.232 e. The molecule has 2 heterocycles. The number of ether oxygens (including phenoxy) is 1. The van der Waals surface area contributed by atoms with Crippen LogP contribution < -0.4 is 10.1 Å². The first-order valence-corrected chi connectivity index (χ1v) is 7.12. The van der Waals surface area contributed by atoms with Crippen molar-refractivity contribution < 1.29 is 4.74 Å². The van der Waals surface area contributed by atoms with Gasteiger partial charge in [-0.1, -0.05) is 6.07 Å². The minimum atomic E-state index is 0.0794. The van der Waals surface area contributed by atoms with Gasteiger partial charge in [-0.3, -0.25) is 4.98 Å². The number of nitrogens with one attached hydrogen (secondary N) is 1. The van der Waals surface area contributed by atoms with Crippen molar-refractivity contribution in [3.05, 3.63) is 40.5 Å². The average Bonchev–Trinajstić information content (AvgIpc) is 2.87. The molecule has 0 unspecified atom stereocenters. The fourth-order valence-electron chi connectivity index (χ4n) is 1.40. The predicted molar refractivity (Wildman–Crippen MR) is 77.3 cm³/mol. The quantitative estimate of drug-likeness (QED) is 0.912. The summed E-state index contributed by atoms with van der Waals surface area (Å²) in [6, 6.07) is 4.05. The van der Waals surface area contributed by atoms with Gasteiger partial charge in [-0.05, 0) is 32.2 Å². The van der Waals surface area contributed by atoms with Gasteiger partial charge in [0.15, 0.2) is 0 Å². The van der Waals surface area contributed by atoms with Gasteiger partial charge in [0.25, 0.3) is 0 Å². The molecule has 2 rings (SSSR count). The second kappa shape index (κ2) is 6.12. The summed E-state index contributed by atoms with van der Waals surface area (Å²) >= 11 is 1.67. The second-order valence-electron chi connectivity index (χ2n) is 5.32. The predicted octanol–water partition coefficient (Wildman–Crippen LogP) is 3.01. The molecule has 0 fully saturated rings. The Morgan fingerprint density at radius 1 is 1.26 bits per heavy atom. The van der Waals surface area contributed by atoms with Crippen LogP contribution in [0.15, 0.2) is 29.9 Å². The van der Waals surface area contributed by atoms with Crippen LogP contribution in [0.3, 0.4) is 0 Å². The molecule has 5 heteroatoms. The van der Waals surface area contributed by atoms with Crippen molar-refractivity contribution in [2.45, 2.75) is 39.5 Å². The number of aromatic nitrogens is 2. The zero-order valence-corrected chi connectivity index (χ0v) is 12.3. The molecule has 0 atom stereocenters. The van der Waals surface area contributed by atoms with Gasteiger partial charge in [0.1, 0.15) is 6.61 Å². The van der Waals surface area contributed by atoms with E-state index in [1.807, 2.05) is 17.5 Å². The second-order valence-corrected chi connectivity index (χ2v) is 6.35. The van der Waals surface area contributed by atoms with E-state index in [2.05, 4.69) is 36.1 Å². The van der Waals surface area contributed by atoms with E-state index in [0.717, 1.165) is 5.69 Å². The van der Waals surface area contributed by atoms with Crippen molar-refractivity contribution in [1.29, 1.82) is 0 Å². The van der Waals surface area contributed by atoms with Crippen molar-refractivity contribution in [3.8, 4) is 5.88 Å². The Hall–Kier alpha value is -1.46. The molecule has 0 spiro atoms. The van der Waals surface area contributed by atoms with Gasteiger partial charge < -0.3 is 10.1 Å². The summed E-state index contributed by atoms with van der Waals surface area (Å²) < 4.78 is 5.57. The van der Waals surface area contributed by atoms with Gasteiger partial charge in [-0.15, -0.1) is 11.3 Å². The van der Waals surface area contributed by atoms with Gasteiger partial charge in [0.2, 0.25) is 5.88 Å². The molecule has 4 nitrogen and oxygen atoms in total. The van der Waals surface area contributed by atoms with E-state index in [-0.39, 0.29) is 5.54 Å². The van der Waals surface area contributed by atoms with Gasteiger partial charge in [0, 0.05) is 17.0 Å². The van der Waals surface area contributed by atoms with E-state index in [9.17, 15) is 0 Å². The number of nitrogens with zero attached hydrogens (tertiary/aromatic N) is 2. The Morgan fingerprint density at radius 3 is 2.68 bits per heavy atom. The van der Waals surface area contributed by atoms with Gasteiger partial charge in [-0.25, -0.2) is 4.98 Å². The van der Waals surface area contributed by atoms with Crippen molar-refractivity contribution in [2.75, 3.05) is 0 Å². The Balaban J connectivity index is 1.84. The molecule has 0 aliphatic heterocycles. The first kappa shape index (κ1) is 14.0. The highest BCUT2D eigenvalue weighted by molar-refractivity contribution is 7.09. The van der Waals surface area contributed by atoms with Gasteiger partial charge >= 0.3 is 0 Å². The molecule has 0 aliphatic rings. The molecule has 0 saturated carbocycles. The standard InChI is InChI=1S/C14H19N3OS/c1-14(2,3)17-8-11-7-16-13(9-15-11)18-10-12-5-4-6-19-12/h4-7,9,17H,8,10H2,1-3H3. The van der Waals surface area contributed by atoms with Crippen LogP contribution in [0, 0.1) is 0 Å². The third kappa shape index (κ3) is 4.96. The minimum absolute atomic E-state index is 0.0794. The summed E-state index contributed by atoms with van der Waals surface area (Å²) in [4.78, 5) is 9.77. The zero-order chi connectivity index (χ0) is 13.7. The normalized spacial score (nSPS) is 11.5. The molecule has 0 saturated heterocycles. The van der Waals surface area contributed by atoms with Crippen LogP contribution in [-0.2, 0) is 13.2 Å². The molecule has 1 N–H and O–H groups in total. The third-order valence-electron chi connectivity index (χ3n) is 2.42. The molecular weight excluding hydrogens is 258 g/mol. The highest BCUT2D eigenvalue weighted by atomic mass is 32.1. The molecule has 0 aliphatic carbocycles. The van der Waals surface area contributed by atoms with Crippen LogP contribution in [0.2, 0.25) is 0 Å². The average molecular weight is 277 g/mol. The number of hydrogen-bond acceptors (Lipinski definition) is 5. The lowest BCUT2D eigenvalue weighted by Crippen LogP contribution is -2.35. The maximum absolute atomic E-state index is 5.57. The fourth-order valence-corrected chi connectivity index (χ4v) is 2.02. The first-order chi connectivity index (χ1) is 9.03. The number of hydrogen-bond donors (Lipinski definition) is 1. The summed E-state index contributed by atoms with van der Waals surface area (Å²) in [6.45, 7) is 7.63. The molecule has 2 aromatic rings. The fraction of sp³-hybridized carbons (Fsp3) is 0.429. The first-order valence-electron chi connectivity index (χ1n) is 6.24. The molecule has 2 aromatic heterocycles. The van der Waals surface area contributed by atoms with Crippen molar-refractivity contribution >= 4 is 11.3 Å². The Bertz CT molecular complexity index is 488. The van der Waals surface area contributed by atoms with E-state index >= 15 is 0 Å². The summed E-state index contributed by atoms with van der Waals surface area (Å²) in [7, 11) is 0. The van der Waals surface area contributed by atoms with Gasteiger partial charge in [0.05, 0.1) is 18.1 Å². The smallest absolute Gasteiger partial charge is 0.232 e. The SMILES string of the molecule is CC(C)(C)NCc1cnc(OCc2cccs2)cn1. The summed E-state index contributed by atoms with van der Waals surface area (Å²) in [5.41, 5.74) is 0.995. The molecule has 0 bridgehead atoms. The van der Waals surface area contributed by atoms with E-state index in [4.69, 9.17) is 4.74 Å². The molecule has 19 heavy (non-hydrogen) atoms. The molecular formula is C14H19N3OS. The molecule has 102 valence electrons. The Kier molecular flexibility index (Phi) is 4.50. The zero-order valence-electron chi connectivity index (χ0n) is 11.5. The van der Waals surface area contributed by atoms with Crippen LogP contribution in [-0.4, -0.2) is 15.5 Å². The lowest BCUT2D eigenvalue weighted by atomic mass is 10.1. The minimum Gasteiger partial charge on any atom is -0.471 e. The Morgan fingerprint density at radius 2 is 2.11 bits per heavy atom. The lowest BCUT2D eigenvalue weighted by molar-refractivity contribution is 0.295.